The van der Waals surface area contributed by atoms with Crippen molar-refractivity contribution < 1.29 is 9.53 Å². The van der Waals surface area contributed by atoms with Crippen LogP contribution in [0.1, 0.15) is 37.7 Å². The van der Waals surface area contributed by atoms with Crippen molar-refractivity contribution in [2.45, 2.75) is 56.8 Å². The second kappa shape index (κ2) is 8.51. The summed E-state index contributed by atoms with van der Waals surface area (Å²) in [6.07, 6.45) is 6.22. The molecule has 2 saturated heterocycles. The van der Waals surface area contributed by atoms with Crippen LogP contribution in [0.4, 0.5) is 0 Å². The molecule has 1 aliphatic carbocycles. The first-order valence-electron chi connectivity index (χ1n) is 10.2. The lowest BCUT2D eigenvalue weighted by Crippen LogP contribution is -2.50. The van der Waals surface area contributed by atoms with Crippen molar-refractivity contribution in [2.75, 3.05) is 26.2 Å². The number of benzene rings is 1. The van der Waals surface area contributed by atoms with Gasteiger partial charge in [-0.3, -0.25) is 9.69 Å². The zero-order valence-corrected chi connectivity index (χ0v) is 15.5. The van der Waals surface area contributed by atoms with E-state index in [0.717, 1.165) is 32.7 Å². The minimum Gasteiger partial charge on any atom is -0.374 e. The van der Waals surface area contributed by atoms with Crippen LogP contribution in [0.15, 0.2) is 30.3 Å². The van der Waals surface area contributed by atoms with E-state index in [9.17, 15) is 4.79 Å². The molecule has 4 atom stereocenters. The maximum atomic E-state index is 12.6. The second-order valence-corrected chi connectivity index (χ2v) is 8.06. The maximum absolute atomic E-state index is 12.6. The molecule has 1 saturated carbocycles. The van der Waals surface area contributed by atoms with E-state index in [0.29, 0.717) is 18.5 Å². The Morgan fingerprint density at radius 3 is 2.92 bits per heavy atom. The highest BCUT2D eigenvalue weighted by molar-refractivity contribution is 5.82. The highest BCUT2D eigenvalue weighted by Gasteiger charge is 2.38. The number of carbonyl (C=O) groups excluding carboxylic acids is 1. The third-order valence-electron chi connectivity index (χ3n) is 6.16. The Bertz CT molecular complexity index is 580. The Hall–Kier alpha value is -1.43. The first-order valence-corrected chi connectivity index (χ1v) is 10.2. The molecule has 3 fully saturated rings. The van der Waals surface area contributed by atoms with E-state index in [4.69, 9.17) is 4.74 Å². The number of nitrogens with one attached hydrogen (secondary N) is 2. The average molecular weight is 357 g/mol. The molecule has 0 radical (unpaired) electrons. The number of amides is 1. The number of nitrogens with zero attached hydrogens (tertiary/aromatic N) is 1. The van der Waals surface area contributed by atoms with Gasteiger partial charge in [0, 0.05) is 32.2 Å². The van der Waals surface area contributed by atoms with Gasteiger partial charge in [0.2, 0.25) is 5.91 Å². The third-order valence-corrected chi connectivity index (χ3v) is 6.16. The standard InChI is InChI=1S/C21H31N3O2/c25-21(20-12-17-8-4-5-9-19(17)23-20)22-13-18-15-24(10-11-26-18)14-16-6-2-1-3-7-16/h1-3,6-7,17-20,23H,4-5,8-15H2,(H,22,25). The van der Waals surface area contributed by atoms with Gasteiger partial charge in [-0.05, 0) is 30.7 Å². The Kier molecular flexibility index (Phi) is 5.88. The summed E-state index contributed by atoms with van der Waals surface area (Å²) in [6, 6.07) is 11.1. The quantitative estimate of drug-likeness (QED) is 0.845. The Morgan fingerprint density at radius 1 is 1.23 bits per heavy atom. The van der Waals surface area contributed by atoms with Crippen LogP contribution in [0.5, 0.6) is 0 Å². The molecule has 2 aliphatic heterocycles. The predicted molar refractivity (Wildman–Crippen MR) is 102 cm³/mol. The van der Waals surface area contributed by atoms with Crippen molar-refractivity contribution in [3.05, 3.63) is 35.9 Å². The minimum atomic E-state index is -0.00730. The molecule has 4 rings (SSSR count). The van der Waals surface area contributed by atoms with E-state index in [1.54, 1.807) is 0 Å². The van der Waals surface area contributed by atoms with Gasteiger partial charge < -0.3 is 15.4 Å². The van der Waals surface area contributed by atoms with Gasteiger partial charge >= 0.3 is 0 Å². The molecular weight excluding hydrogens is 326 g/mol. The molecule has 4 unspecified atom stereocenters. The number of ether oxygens (including phenoxy) is 1. The normalized spacial score (nSPS) is 32.2. The largest absolute Gasteiger partial charge is 0.374 e. The van der Waals surface area contributed by atoms with Crippen molar-refractivity contribution >= 4 is 5.91 Å². The fourth-order valence-electron chi connectivity index (χ4n) is 4.75. The van der Waals surface area contributed by atoms with Crippen molar-refractivity contribution in [2.24, 2.45) is 5.92 Å². The van der Waals surface area contributed by atoms with E-state index < -0.39 is 0 Å². The lowest BCUT2D eigenvalue weighted by atomic mass is 9.85. The number of rotatable bonds is 5. The SMILES string of the molecule is O=C(NCC1CN(Cc2ccccc2)CCO1)C1CC2CCCCC2N1. The van der Waals surface area contributed by atoms with Crippen LogP contribution in [-0.2, 0) is 16.1 Å². The molecule has 2 heterocycles. The summed E-state index contributed by atoms with van der Waals surface area (Å²) >= 11 is 0. The van der Waals surface area contributed by atoms with Crippen molar-refractivity contribution in [1.82, 2.24) is 15.5 Å². The predicted octanol–water partition coefficient (Wildman–Crippen LogP) is 1.92. The van der Waals surface area contributed by atoms with Gasteiger partial charge in [0.15, 0.2) is 0 Å². The molecule has 3 aliphatic rings. The van der Waals surface area contributed by atoms with Crippen LogP contribution >= 0.6 is 0 Å². The van der Waals surface area contributed by atoms with Gasteiger partial charge in [-0.2, -0.15) is 0 Å². The first kappa shape index (κ1) is 18.0. The maximum Gasteiger partial charge on any atom is 0.237 e. The van der Waals surface area contributed by atoms with Crippen LogP contribution in [0.2, 0.25) is 0 Å². The minimum absolute atomic E-state index is 0.00730. The van der Waals surface area contributed by atoms with Gasteiger partial charge in [-0.15, -0.1) is 0 Å². The molecule has 1 amide bonds. The molecule has 0 bridgehead atoms. The summed E-state index contributed by atoms with van der Waals surface area (Å²) < 4.78 is 5.88. The van der Waals surface area contributed by atoms with E-state index >= 15 is 0 Å². The summed E-state index contributed by atoms with van der Waals surface area (Å²) in [4.78, 5) is 15.0. The van der Waals surface area contributed by atoms with Gasteiger partial charge in [0.1, 0.15) is 0 Å². The summed E-state index contributed by atoms with van der Waals surface area (Å²) in [5.41, 5.74) is 1.33. The van der Waals surface area contributed by atoms with Crippen molar-refractivity contribution in [1.29, 1.82) is 0 Å². The van der Waals surface area contributed by atoms with E-state index in [1.807, 2.05) is 6.07 Å². The Labute approximate surface area is 156 Å². The molecule has 5 nitrogen and oxygen atoms in total. The lowest BCUT2D eigenvalue weighted by Gasteiger charge is -2.33. The summed E-state index contributed by atoms with van der Waals surface area (Å²) in [5.74, 6) is 0.856. The first-order chi connectivity index (χ1) is 12.8. The van der Waals surface area contributed by atoms with E-state index in [2.05, 4.69) is 39.8 Å². The number of fused-ring (bicyclic) bond motifs is 1. The number of hydrogen-bond acceptors (Lipinski definition) is 4. The molecule has 1 aromatic rings. The fraction of sp³-hybridized carbons (Fsp3) is 0.667. The number of morpholine rings is 1. The van der Waals surface area contributed by atoms with E-state index in [1.165, 1.54) is 31.2 Å². The highest BCUT2D eigenvalue weighted by atomic mass is 16.5. The van der Waals surface area contributed by atoms with Crippen molar-refractivity contribution in [3.63, 3.8) is 0 Å². The molecule has 142 valence electrons. The van der Waals surface area contributed by atoms with Gasteiger partial charge in [0.05, 0.1) is 18.8 Å². The molecule has 0 spiro atoms. The fourth-order valence-corrected chi connectivity index (χ4v) is 4.75. The number of hydrogen-bond donors (Lipinski definition) is 2. The monoisotopic (exact) mass is 357 g/mol. The van der Waals surface area contributed by atoms with Crippen molar-refractivity contribution in [3.8, 4) is 0 Å². The molecular formula is C21H31N3O2. The summed E-state index contributed by atoms with van der Waals surface area (Å²) in [6.45, 7) is 4.12. The van der Waals surface area contributed by atoms with Gasteiger partial charge in [-0.1, -0.05) is 43.2 Å². The van der Waals surface area contributed by atoms with Crippen LogP contribution in [-0.4, -0.2) is 55.2 Å². The molecule has 2 N–H and O–H groups in total. The molecule has 5 heteroatoms. The summed E-state index contributed by atoms with van der Waals surface area (Å²) in [5, 5.41) is 6.69. The topological polar surface area (TPSA) is 53.6 Å². The van der Waals surface area contributed by atoms with Crippen LogP contribution in [0.3, 0.4) is 0 Å². The zero-order valence-electron chi connectivity index (χ0n) is 15.5. The van der Waals surface area contributed by atoms with Crippen LogP contribution in [0.25, 0.3) is 0 Å². The zero-order chi connectivity index (χ0) is 17.8. The lowest BCUT2D eigenvalue weighted by molar-refractivity contribution is -0.124. The number of carbonyl (C=O) groups is 1. The third kappa shape index (κ3) is 4.45. The van der Waals surface area contributed by atoms with E-state index in [-0.39, 0.29) is 18.1 Å². The Morgan fingerprint density at radius 2 is 2.08 bits per heavy atom. The highest BCUT2D eigenvalue weighted by Crippen LogP contribution is 2.33. The van der Waals surface area contributed by atoms with Gasteiger partial charge in [-0.25, -0.2) is 0 Å². The smallest absolute Gasteiger partial charge is 0.237 e. The molecule has 1 aromatic carbocycles. The molecule has 0 aromatic heterocycles. The second-order valence-electron chi connectivity index (χ2n) is 8.06. The average Bonchev–Trinajstić information content (AvgIpc) is 3.12. The summed E-state index contributed by atoms with van der Waals surface area (Å²) in [7, 11) is 0. The molecule has 26 heavy (non-hydrogen) atoms. The van der Waals surface area contributed by atoms with Crippen LogP contribution < -0.4 is 10.6 Å². The van der Waals surface area contributed by atoms with Crippen LogP contribution in [0, 0.1) is 5.92 Å². The Balaban J connectivity index is 1.22. The van der Waals surface area contributed by atoms with Gasteiger partial charge in [0.25, 0.3) is 0 Å².